The number of alkyl halides is 3. The molecule has 2 aromatic carbocycles. The standard InChI is InChI=1S/C29H35F5N4O/c1-17-4-5-21-22-11-18(2)38(15-29(33,34)16-39)28(27(22)36-25(21)10-17)26-23(31)12-20(13-24(26)32)35-19-6-9-37(14-19)8-3-7-30/h4-5,10,12-13,18-19,28,35-36,39H,3,6-9,11,14-16H2,1-2H3. The molecule has 0 bridgehead atoms. The van der Waals surface area contributed by atoms with Crippen molar-refractivity contribution >= 4 is 16.6 Å². The highest BCUT2D eigenvalue weighted by atomic mass is 19.3. The van der Waals surface area contributed by atoms with E-state index < -0.39 is 42.8 Å². The minimum Gasteiger partial charge on any atom is -0.390 e. The Morgan fingerprint density at radius 1 is 1.15 bits per heavy atom. The second-order valence-electron chi connectivity index (χ2n) is 11.0. The lowest BCUT2D eigenvalue weighted by molar-refractivity contribution is -0.0869. The van der Waals surface area contributed by atoms with E-state index in [1.54, 1.807) is 6.92 Å². The lowest BCUT2D eigenvalue weighted by atomic mass is 9.87. The number of aromatic nitrogens is 1. The Hall–Kier alpha value is -2.69. The number of nitrogens with one attached hydrogen (secondary N) is 2. The quantitative estimate of drug-likeness (QED) is 0.305. The predicted octanol–water partition coefficient (Wildman–Crippen LogP) is 5.56. The number of anilines is 1. The summed E-state index contributed by atoms with van der Waals surface area (Å²) in [5.41, 5.74) is 3.09. The highest BCUT2D eigenvalue weighted by Crippen LogP contribution is 2.44. The van der Waals surface area contributed by atoms with Crippen LogP contribution in [0.3, 0.4) is 0 Å². The number of nitrogens with zero attached hydrogens (tertiary/aromatic N) is 2. The summed E-state index contributed by atoms with van der Waals surface area (Å²) < 4.78 is 73.2. The fourth-order valence-electron chi connectivity index (χ4n) is 6.15. The number of aryl methyl sites for hydroxylation is 1. The minimum absolute atomic E-state index is 0.0349. The molecule has 212 valence electrons. The maximum Gasteiger partial charge on any atom is 0.283 e. The van der Waals surface area contributed by atoms with Crippen LogP contribution in [0.25, 0.3) is 10.9 Å². The first-order chi connectivity index (χ1) is 18.6. The number of aliphatic hydroxyl groups is 1. The average molecular weight is 551 g/mol. The van der Waals surface area contributed by atoms with Gasteiger partial charge < -0.3 is 20.3 Å². The summed E-state index contributed by atoms with van der Waals surface area (Å²) in [7, 11) is 0. The Morgan fingerprint density at radius 3 is 2.59 bits per heavy atom. The summed E-state index contributed by atoms with van der Waals surface area (Å²) in [6.07, 6.45) is 1.63. The number of benzene rings is 2. The van der Waals surface area contributed by atoms with Crippen LogP contribution in [0.5, 0.6) is 0 Å². The molecule has 0 saturated carbocycles. The van der Waals surface area contributed by atoms with Gasteiger partial charge in [0.05, 0.1) is 19.3 Å². The van der Waals surface area contributed by atoms with Gasteiger partial charge in [-0.1, -0.05) is 12.1 Å². The van der Waals surface area contributed by atoms with Gasteiger partial charge in [0.1, 0.15) is 18.2 Å². The molecule has 2 aliphatic heterocycles. The number of fused-ring (bicyclic) bond motifs is 3. The lowest BCUT2D eigenvalue weighted by Gasteiger charge is -2.42. The van der Waals surface area contributed by atoms with E-state index in [2.05, 4.69) is 15.2 Å². The van der Waals surface area contributed by atoms with Crippen LogP contribution in [0.2, 0.25) is 0 Å². The molecule has 1 saturated heterocycles. The van der Waals surface area contributed by atoms with Crippen molar-refractivity contribution in [2.45, 2.75) is 57.2 Å². The molecule has 0 aliphatic carbocycles. The van der Waals surface area contributed by atoms with Gasteiger partial charge in [0, 0.05) is 59.6 Å². The Kier molecular flexibility index (Phi) is 7.90. The summed E-state index contributed by atoms with van der Waals surface area (Å²) in [5, 5.41) is 13.4. The fourth-order valence-corrected chi connectivity index (χ4v) is 6.15. The number of aliphatic hydroxyl groups excluding tert-OH is 1. The Balaban J connectivity index is 1.52. The van der Waals surface area contributed by atoms with Crippen LogP contribution < -0.4 is 5.32 Å². The maximum atomic E-state index is 15.8. The van der Waals surface area contributed by atoms with E-state index in [1.165, 1.54) is 17.0 Å². The van der Waals surface area contributed by atoms with Gasteiger partial charge in [-0.3, -0.25) is 9.29 Å². The van der Waals surface area contributed by atoms with Crippen molar-refractivity contribution in [1.29, 1.82) is 0 Å². The molecule has 0 radical (unpaired) electrons. The Labute approximate surface area is 225 Å². The largest absolute Gasteiger partial charge is 0.390 e. The molecule has 10 heteroatoms. The summed E-state index contributed by atoms with van der Waals surface area (Å²) in [6.45, 7) is 3.16. The molecule has 1 aromatic heterocycles. The maximum absolute atomic E-state index is 15.8. The molecule has 5 nitrogen and oxygen atoms in total. The first-order valence-corrected chi connectivity index (χ1v) is 13.5. The van der Waals surface area contributed by atoms with E-state index in [-0.39, 0.29) is 24.0 Å². The predicted molar refractivity (Wildman–Crippen MR) is 142 cm³/mol. The normalized spacial score (nSPS) is 22.5. The number of hydrogen-bond acceptors (Lipinski definition) is 4. The zero-order valence-electron chi connectivity index (χ0n) is 22.2. The SMILES string of the molecule is Cc1ccc2c3c([nH]c2c1)C(c1c(F)cc(NC2CCN(CCCF)C2)cc1F)N(CC(F)(F)CO)C(C)C3. The number of H-pyrrole nitrogens is 1. The Bertz CT molecular complexity index is 1310. The third-order valence-electron chi connectivity index (χ3n) is 8.01. The van der Waals surface area contributed by atoms with Gasteiger partial charge in [-0.2, -0.15) is 0 Å². The second-order valence-corrected chi connectivity index (χ2v) is 11.0. The summed E-state index contributed by atoms with van der Waals surface area (Å²) in [5.74, 6) is -5.11. The fraction of sp³-hybridized carbons (Fsp3) is 0.517. The molecular weight excluding hydrogens is 515 g/mol. The summed E-state index contributed by atoms with van der Waals surface area (Å²) in [6, 6.07) is 6.63. The lowest BCUT2D eigenvalue weighted by Crippen LogP contribution is -2.49. The Morgan fingerprint density at radius 2 is 1.90 bits per heavy atom. The molecule has 0 spiro atoms. The van der Waals surface area contributed by atoms with Gasteiger partial charge in [-0.15, -0.1) is 0 Å². The highest BCUT2D eigenvalue weighted by molar-refractivity contribution is 5.86. The number of likely N-dealkylation sites (tertiary alicyclic amines) is 1. The van der Waals surface area contributed by atoms with Crippen molar-refractivity contribution in [2.24, 2.45) is 0 Å². The number of aromatic amines is 1. The first kappa shape index (κ1) is 27.9. The molecule has 1 fully saturated rings. The number of hydrogen-bond donors (Lipinski definition) is 3. The molecular formula is C29H35F5N4O. The number of rotatable bonds is 9. The van der Waals surface area contributed by atoms with Gasteiger partial charge in [-0.05, 0) is 62.4 Å². The van der Waals surface area contributed by atoms with E-state index in [0.29, 0.717) is 31.6 Å². The highest BCUT2D eigenvalue weighted by Gasteiger charge is 2.43. The van der Waals surface area contributed by atoms with E-state index >= 15 is 8.78 Å². The first-order valence-electron chi connectivity index (χ1n) is 13.5. The van der Waals surface area contributed by atoms with Crippen LogP contribution >= 0.6 is 0 Å². The third-order valence-corrected chi connectivity index (χ3v) is 8.01. The van der Waals surface area contributed by atoms with E-state index in [0.717, 1.165) is 35.0 Å². The smallest absolute Gasteiger partial charge is 0.283 e. The van der Waals surface area contributed by atoms with E-state index in [1.807, 2.05) is 25.1 Å². The molecule has 3 unspecified atom stereocenters. The molecule has 2 aliphatic rings. The molecule has 3 heterocycles. The zero-order valence-corrected chi connectivity index (χ0v) is 22.2. The molecule has 0 amide bonds. The monoisotopic (exact) mass is 550 g/mol. The van der Waals surface area contributed by atoms with Crippen molar-refractivity contribution in [3.63, 3.8) is 0 Å². The summed E-state index contributed by atoms with van der Waals surface area (Å²) >= 11 is 0. The number of halogens is 5. The van der Waals surface area contributed by atoms with E-state index in [4.69, 9.17) is 0 Å². The van der Waals surface area contributed by atoms with Crippen LogP contribution in [0.1, 0.15) is 48.2 Å². The average Bonchev–Trinajstić information content (AvgIpc) is 3.47. The van der Waals surface area contributed by atoms with Crippen LogP contribution in [0.15, 0.2) is 30.3 Å². The third kappa shape index (κ3) is 5.64. The van der Waals surface area contributed by atoms with Gasteiger partial charge in [0.2, 0.25) is 0 Å². The van der Waals surface area contributed by atoms with Crippen molar-refractivity contribution < 1.29 is 27.1 Å². The summed E-state index contributed by atoms with van der Waals surface area (Å²) in [4.78, 5) is 6.77. The molecule has 3 N–H and O–H groups in total. The molecule has 39 heavy (non-hydrogen) atoms. The zero-order chi connectivity index (χ0) is 27.9. The van der Waals surface area contributed by atoms with Crippen molar-refractivity contribution in [2.75, 3.05) is 44.8 Å². The molecule has 5 rings (SSSR count). The van der Waals surface area contributed by atoms with Crippen molar-refractivity contribution in [3.8, 4) is 0 Å². The van der Waals surface area contributed by atoms with Gasteiger partial charge in [0.15, 0.2) is 0 Å². The van der Waals surface area contributed by atoms with Crippen molar-refractivity contribution in [3.05, 3.63) is 64.4 Å². The van der Waals surface area contributed by atoms with Crippen LogP contribution in [0, 0.1) is 18.6 Å². The van der Waals surface area contributed by atoms with Crippen molar-refractivity contribution in [1.82, 2.24) is 14.8 Å². The minimum atomic E-state index is -3.45. The molecule has 3 aromatic rings. The van der Waals surface area contributed by atoms with E-state index in [9.17, 15) is 18.3 Å². The van der Waals surface area contributed by atoms with Crippen LogP contribution in [-0.4, -0.2) is 77.4 Å². The van der Waals surface area contributed by atoms with Crippen LogP contribution in [-0.2, 0) is 6.42 Å². The van der Waals surface area contributed by atoms with Gasteiger partial charge >= 0.3 is 0 Å². The van der Waals surface area contributed by atoms with Gasteiger partial charge in [-0.25, -0.2) is 17.6 Å². The van der Waals surface area contributed by atoms with Gasteiger partial charge in [0.25, 0.3) is 5.92 Å². The van der Waals surface area contributed by atoms with Crippen LogP contribution in [0.4, 0.5) is 27.6 Å². The molecule has 3 atom stereocenters. The topological polar surface area (TPSA) is 54.5 Å². The second kappa shape index (κ2) is 11.1.